The summed E-state index contributed by atoms with van der Waals surface area (Å²) in [6.07, 6.45) is 0. The average Bonchev–Trinajstić information content (AvgIpc) is 3.28. The average molecular weight is 430 g/mol. The van der Waals surface area contributed by atoms with Gasteiger partial charge in [0.1, 0.15) is 0 Å². The number of para-hydroxylation sites is 1. The van der Waals surface area contributed by atoms with Crippen LogP contribution in [0.1, 0.15) is 21.5 Å². The van der Waals surface area contributed by atoms with Crippen LogP contribution in [-0.4, -0.2) is 27.6 Å². The van der Waals surface area contributed by atoms with Gasteiger partial charge in [-0.2, -0.15) is 0 Å². The first-order valence-corrected chi connectivity index (χ1v) is 10.6. The number of benzene rings is 3. The summed E-state index contributed by atoms with van der Waals surface area (Å²) in [5.41, 5.74) is 3.43. The Hall–Kier alpha value is -3.71. The lowest BCUT2D eigenvalue weighted by Gasteiger charge is -2.10. The van der Waals surface area contributed by atoms with Crippen molar-refractivity contribution in [2.24, 2.45) is 0 Å². The van der Waals surface area contributed by atoms with Crippen molar-refractivity contribution in [3.05, 3.63) is 95.6 Å². The molecule has 0 atom stereocenters. The lowest BCUT2D eigenvalue weighted by atomic mass is 10.0. The molecule has 7 heteroatoms. The standard InChI is InChI=1S/C24H19N3O3S/c1-16-11-13-18(14-12-16)23-26-27-24(30-23)31-15-21(28)25-20-10-6-5-9-19(20)22(29)17-7-3-2-4-8-17/h2-14H,15H2,1H3,(H,25,28). The van der Waals surface area contributed by atoms with Crippen molar-refractivity contribution in [1.82, 2.24) is 10.2 Å². The van der Waals surface area contributed by atoms with E-state index in [1.165, 1.54) is 0 Å². The van der Waals surface area contributed by atoms with E-state index >= 15 is 0 Å². The summed E-state index contributed by atoms with van der Waals surface area (Å²) in [4.78, 5) is 25.3. The molecule has 31 heavy (non-hydrogen) atoms. The molecule has 1 aromatic heterocycles. The summed E-state index contributed by atoms with van der Waals surface area (Å²) in [5, 5.41) is 11.1. The number of hydrogen-bond acceptors (Lipinski definition) is 6. The molecule has 1 amide bonds. The zero-order chi connectivity index (χ0) is 21.6. The van der Waals surface area contributed by atoms with E-state index in [1.807, 2.05) is 37.3 Å². The lowest BCUT2D eigenvalue weighted by molar-refractivity contribution is -0.113. The number of amides is 1. The van der Waals surface area contributed by atoms with Crippen LogP contribution in [0, 0.1) is 6.92 Å². The van der Waals surface area contributed by atoms with Crippen LogP contribution in [0.4, 0.5) is 5.69 Å². The summed E-state index contributed by atoms with van der Waals surface area (Å²) in [6, 6.07) is 23.7. The van der Waals surface area contributed by atoms with E-state index in [4.69, 9.17) is 4.42 Å². The molecule has 0 aliphatic heterocycles. The van der Waals surface area contributed by atoms with Gasteiger partial charge in [0, 0.05) is 16.7 Å². The molecule has 0 saturated heterocycles. The summed E-state index contributed by atoms with van der Waals surface area (Å²) in [6.45, 7) is 2.00. The minimum absolute atomic E-state index is 0.0728. The van der Waals surface area contributed by atoms with Gasteiger partial charge in [0.15, 0.2) is 5.78 Å². The molecule has 1 heterocycles. The third-order valence-corrected chi connectivity index (χ3v) is 5.33. The monoisotopic (exact) mass is 429 g/mol. The lowest BCUT2D eigenvalue weighted by Crippen LogP contribution is -2.17. The second kappa shape index (κ2) is 9.40. The molecule has 0 unspecified atom stereocenters. The predicted molar refractivity (Wildman–Crippen MR) is 120 cm³/mol. The van der Waals surface area contributed by atoms with Gasteiger partial charge in [0.05, 0.1) is 11.4 Å². The Morgan fingerprint density at radius 3 is 2.39 bits per heavy atom. The smallest absolute Gasteiger partial charge is 0.277 e. The van der Waals surface area contributed by atoms with Crippen LogP contribution in [0.3, 0.4) is 0 Å². The van der Waals surface area contributed by atoms with E-state index in [1.54, 1.807) is 48.5 Å². The van der Waals surface area contributed by atoms with Crippen LogP contribution in [0.5, 0.6) is 0 Å². The molecule has 0 fully saturated rings. The minimum Gasteiger partial charge on any atom is -0.411 e. The molecule has 1 N–H and O–H groups in total. The maximum absolute atomic E-state index is 12.8. The van der Waals surface area contributed by atoms with Crippen molar-refractivity contribution < 1.29 is 14.0 Å². The zero-order valence-electron chi connectivity index (χ0n) is 16.7. The highest BCUT2D eigenvalue weighted by Crippen LogP contribution is 2.24. The van der Waals surface area contributed by atoms with Crippen molar-refractivity contribution in [2.75, 3.05) is 11.1 Å². The maximum Gasteiger partial charge on any atom is 0.277 e. The summed E-state index contributed by atoms with van der Waals surface area (Å²) in [5.74, 6) is 0.0579. The highest BCUT2D eigenvalue weighted by atomic mass is 32.2. The van der Waals surface area contributed by atoms with Gasteiger partial charge in [-0.1, -0.05) is 71.9 Å². The van der Waals surface area contributed by atoms with Crippen molar-refractivity contribution in [3.8, 4) is 11.5 Å². The first-order valence-electron chi connectivity index (χ1n) is 9.62. The molecule has 0 spiro atoms. The molecule has 0 aliphatic carbocycles. The molecule has 4 rings (SSSR count). The highest BCUT2D eigenvalue weighted by molar-refractivity contribution is 7.99. The predicted octanol–water partition coefficient (Wildman–Crippen LogP) is 5.01. The number of carbonyl (C=O) groups excluding carboxylic acids is 2. The minimum atomic E-state index is -0.270. The van der Waals surface area contributed by atoms with Crippen molar-refractivity contribution >= 4 is 29.1 Å². The Bertz CT molecular complexity index is 1200. The van der Waals surface area contributed by atoms with E-state index in [9.17, 15) is 9.59 Å². The van der Waals surface area contributed by atoms with E-state index in [0.717, 1.165) is 22.9 Å². The summed E-state index contributed by atoms with van der Waals surface area (Å²) in [7, 11) is 0. The second-order valence-electron chi connectivity index (χ2n) is 6.82. The Morgan fingerprint density at radius 2 is 1.61 bits per heavy atom. The van der Waals surface area contributed by atoms with Gasteiger partial charge in [0.25, 0.3) is 5.22 Å². The highest BCUT2D eigenvalue weighted by Gasteiger charge is 2.16. The van der Waals surface area contributed by atoms with E-state index < -0.39 is 0 Å². The quantitative estimate of drug-likeness (QED) is 0.328. The number of nitrogens with one attached hydrogen (secondary N) is 1. The van der Waals surface area contributed by atoms with Crippen molar-refractivity contribution in [3.63, 3.8) is 0 Å². The molecule has 0 bridgehead atoms. The fourth-order valence-corrected chi connectivity index (χ4v) is 3.49. The molecule has 0 aliphatic rings. The first-order chi connectivity index (χ1) is 15.1. The largest absolute Gasteiger partial charge is 0.411 e. The number of aromatic nitrogens is 2. The number of nitrogens with zero attached hydrogens (tertiary/aromatic N) is 2. The number of anilines is 1. The number of rotatable bonds is 7. The fourth-order valence-electron chi connectivity index (χ4n) is 2.93. The Morgan fingerprint density at radius 1 is 0.903 bits per heavy atom. The van der Waals surface area contributed by atoms with Crippen LogP contribution >= 0.6 is 11.8 Å². The van der Waals surface area contributed by atoms with Gasteiger partial charge in [-0.25, -0.2) is 0 Å². The molecule has 3 aromatic carbocycles. The molecule has 154 valence electrons. The SMILES string of the molecule is Cc1ccc(-c2nnc(SCC(=O)Nc3ccccc3C(=O)c3ccccc3)o2)cc1. The molecule has 0 radical (unpaired) electrons. The zero-order valence-corrected chi connectivity index (χ0v) is 17.6. The third kappa shape index (κ3) is 5.07. The molecular formula is C24H19N3O3S. The van der Waals surface area contributed by atoms with Crippen LogP contribution in [-0.2, 0) is 4.79 Å². The number of thioether (sulfide) groups is 1. The van der Waals surface area contributed by atoms with Gasteiger partial charge in [-0.3, -0.25) is 9.59 Å². The van der Waals surface area contributed by atoms with Gasteiger partial charge in [0.2, 0.25) is 11.8 Å². The molecule has 4 aromatic rings. The van der Waals surface area contributed by atoms with Crippen LogP contribution in [0.15, 0.2) is 88.5 Å². The number of hydrogen-bond donors (Lipinski definition) is 1. The van der Waals surface area contributed by atoms with Crippen molar-refractivity contribution in [2.45, 2.75) is 12.1 Å². The molecule has 0 saturated carbocycles. The number of carbonyl (C=O) groups is 2. The summed E-state index contributed by atoms with van der Waals surface area (Å²) >= 11 is 1.14. The Kier molecular flexibility index (Phi) is 6.24. The number of aryl methyl sites for hydroxylation is 1. The van der Waals surface area contributed by atoms with Crippen LogP contribution in [0.2, 0.25) is 0 Å². The normalized spacial score (nSPS) is 10.6. The Balaban J connectivity index is 1.40. The maximum atomic E-state index is 12.8. The first kappa shape index (κ1) is 20.6. The van der Waals surface area contributed by atoms with Crippen LogP contribution < -0.4 is 5.32 Å². The van der Waals surface area contributed by atoms with E-state index in [0.29, 0.717) is 27.9 Å². The van der Waals surface area contributed by atoms with Crippen LogP contribution in [0.25, 0.3) is 11.5 Å². The third-order valence-electron chi connectivity index (χ3n) is 4.51. The topological polar surface area (TPSA) is 85.1 Å². The summed E-state index contributed by atoms with van der Waals surface area (Å²) < 4.78 is 5.64. The van der Waals surface area contributed by atoms with Crippen molar-refractivity contribution in [1.29, 1.82) is 0 Å². The fraction of sp³-hybridized carbons (Fsp3) is 0.0833. The Labute approximate surface area is 183 Å². The number of ketones is 1. The van der Waals surface area contributed by atoms with Gasteiger partial charge in [-0.15, -0.1) is 10.2 Å². The molecular weight excluding hydrogens is 410 g/mol. The van der Waals surface area contributed by atoms with Gasteiger partial charge >= 0.3 is 0 Å². The van der Waals surface area contributed by atoms with E-state index in [2.05, 4.69) is 15.5 Å². The van der Waals surface area contributed by atoms with E-state index in [-0.39, 0.29) is 17.4 Å². The van der Waals surface area contributed by atoms with Gasteiger partial charge < -0.3 is 9.73 Å². The van der Waals surface area contributed by atoms with Gasteiger partial charge in [-0.05, 0) is 31.2 Å². The second-order valence-corrected chi connectivity index (χ2v) is 7.74. The molecule has 6 nitrogen and oxygen atoms in total.